The zero-order chi connectivity index (χ0) is 17.4. The fourth-order valence-electron chi connectivity index (χ4n) is 2.53. The number of aromatic amines is 1. The standard InChI is InChI=1S/C17H12Cl2N6/c18-10-2-1-3-11(19)14(10)16-24-12-5-7-22-17(15(12)25-16)23-9-4-6-21-13(20)8-9/h1-8H,(H,24,25)(H3,20,21,22,23). The number of hydrogen-bond acceptors (Lipinski definition) is 5. The number of nitrogen functional groups attached to an aromatic ring is 1. The number of nitrogens with one attached hydrogen (secondary N) is 2. The highest BCUT2D eigenvalue weighted by Gasteiger charge is 2.15. The second-order valence-corrected chi connectivity index (χ2v) is 6.14. The predicted octanol–water partition coefficient (Wildman–Crippen LogP) is 4.65. The number of fused-ring (bicyclic) bond motifs is 1. The Morgan fingerprint density at radius 3 is 2.52 bits per heavy atom. The van der Waals surface area contributed by atoms with Crippen LogP contribution in [0.4, 0.5) is 17.3 Å². The first-order valence-electron chi connectivity index (χ1n) is 7.39. The quantitative estimate of drug-likeness (QED) is 0.487. The van der Waals surface area contributed by atoms with Gasteiger partial charge in [-0.2, -0.15) is 0 Å². The van der Waals surface area contributed by atoms with Gasteiger partial charge in [-0.3, -0.25) is 0 Å². The molecular weight excluding hydrogens is 359 g/mol. The third kappa shape index (κ3) is 2.97. The van der Waals surface area contributed by atoms with Crippen molar-refractivity contribution in [1.29, 1.82) is 0 Å². The van der Waals surface area contributed by atoms with Crippen LogP contribution >= 0.6 is 23.2 Å². The number of nitrogens with two attached hydrogens (primary N) is 1. The van der Waals surface area contributed by atoms with E-state index in [1.165, 1.54) is 0 Å². The van der Waals surface area contributed by atoms with Crippen LogP contribution in [-0.4, -0.2) is 19.9 Å². The molecule has 8 heteroatoms. The van der Waals surface area contributed by atoms with E-state index in [9.17, 15) is 0 Å². The van der Waals surface area contributed by atoms with Gasteiger partial charge in [0, 0.05) is 24.1 Å². The van der Waals surface area contributed by atoms with Crippen molar-refractivity contribution in [2.75, 3.05) is 11.1 Å². The molecule has 0 spiro atoms. The Labute approximate surface area is 153 Å². The first-order valence-corrected chi connectivity index (χ1v) is 8.15. The van der Waals surface area contributed by atoms with Crippen LogP contribution in [0.2, 0.25) is 10.0 Å². The molecule has 4 N–H and O–H groups in total. The number of aromatic nitrogens is 4. The Hall–Kier alpha value is -2.83. The molecule has 3 heterocycles. The van der Waals surface area contributed by atoms with E-state index in [1.807, 2.05) is 6.07 Å². The molecule has 4 aromatic rings. The molecule has 1 aromatic carbocycles. The molecule has 0 fully saturated rings. The number of imidazole rings is 1. The molecule has 0 aliphatic heterocycles. The number of benzene rings is 1. The summed E-state index contributed by atoms with van der Waals surface area (Å²) in [5.74, 6) is 1.62. The van der Waals surface area contributed by atoms with Gasteiger partial charge in [0.05, 0.1) is 21.1 Å². The molecule has 3 aromatic heterocycles. The third-order valence-corrected chi connectivity index (χ3v) is 4.28. The van der Waals surface area contributed by atoms with Gasteiger partial charge >= 0.3 is 0 Å². The molecule has 0 aliphatic carbocycles. The maximum Gasteiger partial charge on any atom is 0.156 e. The Morgan fingerprint density at radius 2 is 1.76 bits per heavy atom. The van der Waals surface area contributed by atoms with Gasteiger partial charge in [0.1, 0.15) is 17.2 Å². The van der Waals surface area contributed by atoms with Gasteiger partial charge in [0.2, 0.25) is 0 Å². The lowest BCUT2D eigenvalue weighted by atomic mass is 10.2. The van der Waals surface area contributed by atoms with Crippen molar-refractivity contribution in [2.45, 2.75) is 0 Å². The van der Waals surface area contributed by atoms with E-state index in [0.29, 0.717) is 33.1 Å². The SMILES string of the molecule is Nc1cc(Nc2nccc3nc(-c4c(Cl)cccc4Cl)[nH]c23)ccn1. The monoisotopic (exact) mass is 370 g/mol. The average Bonchev–Trinajstić information content (AvgIpc) is 2.99. The van der Waals surface area contributed by atoms with Crippen molar-refractivity contribution in [2.24, 2.45) is 0 Å². The number of H-pyrrole nitrogens is 1. The molecule has 0 saturated carbocycles. The number of nitrogens with zero attached hydrogens (tertiary/aromatic N) is 3. The molecule has 0 atom stereocenters. The van der Waals surface area contributed by atoms with Gasteiger partial charge in [0.15, 0.2) is 5.82 Å². The normalized spacial score (nSPS) is 11.0. The highest BCUT2D eigenvalue weighted by molar-refractivity contribution is 6.39. The van der Waals surface area contributed by atoms with E-state index in [-0.39, 0.29) is 0 Å². The lowest BCUT2D eigenvalue weighted by molar-refractivity contribution is 1.29. The summed E-state index contributed by atoms with van der Waals surface area (Å²) in [6, 6.07) is 10.7. The summed E-state index contributed by atoms with van der Waals surface area (Å²) in [6.07, 6.45) is 3.30. The van der Waals surface area contributed by atoms with Crippen molar-refractivity contribution >= 4 is 51.6 Å². The minimum Gasteiger partial charge on any atom is -0.384 e. The number of hydrogen-bond donors (Lipinski definition) is 3. The van der Waals surface area contributed by atoms with E-state index in [2.05, 4.69) is 25.3 Å². The summed E-state index contributed by atoms with van der Waals surface area (Å²) in [5.41, 5.74) is 8.63. The molecule has 0 radical (unpaired) electrons. The predicted molar refractivity (Wildman–Crippen MR) is 101 cm³/mol. The summed E-state index contributed by atoms with van der Waals surface area (Å²) in [6.45, 7) is 0. The van der Waals surface area contributed by atoms with Crippen LogP contribution in [-0.2, 0) is 0 Å². The number of anilines is 3. The largest absolute Gasteiger partial charge is 0.384 e. The van der Waals surface area contributed by atoms with Gasteiger partial charge in [0.25, 0.3) is 0 Å². The van der Waals surface area contributed by atoms with Gasteiger partial charge in [-0.1, -0.05) is 29.3 Å². The molecule has 0 amide bonds. The van der Waals surface area contributed by atoms with E-state index < -0.39 is 0 Å². The summed E-state index contributed by atoms with van der Waals surface area (Å²) < 4.78 is 0. The van der Waals surface area contributed by atoms with Crippen LogP contribution in [0.15, 0.2) is 48.8 Å². The first-order chi connectivity index (χ1) is 12.1. The highest BCUT2D eigenvalue weighted by atomic mass is 35.5. The molecule has 6 nitrogen and oxygen atoms in total. The third-order valence-electron chi connectivity index (χ3n) is 3.65. The Kier molecular flexibility index (Phi) is 3.91. The van der Waals surface area contributed by atoms with Gasteiger partial charge < -0.3 is 16.0 Å². The van der Waals surface area contributed by atoms with Crippen molar-refractivity contribution in [3.8, 4) is 11.4 Å². The van der Waals surface area contributed by atoms with Crippen molar-refractivity contribution < 1.29 is 0 Å². The lowest BCUT2D eigenvalue weighted by Gasteiger charge is -2.06. The van der Waals surface area contributed by atoms with Crippen molar-refractivity contribution in [3.63, 3.8) is 0 Å². The Morgan fingerprint density at radius 1 is 1.00 bits per heavy atom. The van der Waals surface area contributed by atoms with Crippen LogP contribution in [0.3, 0.4) is 0 Å². The zero-order valence-corrected chi connectivity index (χ0v) is 14.3. The van der Waals surface area contributed by atoms with Gasteiger partial charge in [-0.25, -0.2) is 15.0 Å². The zero-order valence-electron chi connectivity index (χ0n) is 12.8. The van der Waals surface area contributed by atoms with E-state index in [0.717, 1.165) is 16.7 Å². The average molecular weight is 371 g/mol. The smallest absolute Gasteiger partial charge is 0.156 e. The van der Waals surface area contributed by atoms with Crippen LogP contribution < -0.4 is 11.1 Å². The molecule has 0 unspecified atom stereocenters. The fourth-order valence-corrected chi connectivity index (χ4v) is 3.11. The lowest BCUT2D eigenvalue weighted by Crippen LogP contribution is -1.96. The molecule has 0 saturated heterocycles. The Balaban J connectivity index is 1.82. The minimum absolute atomic E-state index is 0.422. The van der Waals surface area contributed by atoms with Gasteiger partial charge in [-0.15, -0.1) is 0 Å². The van der Waals surface area contributed by atoms with Crippen LogP contribution in [0, 0.1) is 0 Å². The second-order valence-electron chi connectivity index (χ2n) is 5.33. The van der Waals surface area contributed by atoms with Crippen LogP contribution in [0.1, 0.15) is 0 Å². The highest BCUT2D eigenvalue weighted by Crippen LogP contribution is 2.35. The number of rotatable bonds is 3. The molecular formula is C17H12Cl2N6. The van der Waals surface area contributed by atoms with E-state index in [1.54, 1.807) is 42.7 Å². The molecule has 25 heavy (non-hydrogen) atoms. The van der Waals surface area contributed by atoms with E-state index in [4.69, 9.17) is 28.9 Å². The van der Waals surface area contributed by atoms with Gasteiger partial charge in [-0.05, 0) is 24.3 Å². The summed E-state index contributed by atoms with van der Waals surface area (Å²) in [4.78, 5) is 16.2. The minimum atomic E-state index is 0.422. The maximum atomic E-state index is 6.28. The molecule has 0 bridgehead atoms. The second kappa shape index (κ2) is 6.23. The molecule has 4 rings (SSSR count). The van der Waals surface area contributed by atoms with Crippen LogP contribution in [0.25, 0.3) is 22.4 Å². The molecule has 0 aliphatic rings. The Bertz CT molecular complexity index is 1060. The fraction of sp³-hybridized carbons (Fsp3) is 0. The first kappa shape index (κ1) is 15.7. The summed E-state index contributed by atoms with van der Waals surface area (Å²) in [5, 5.41) is 4.26. The molecule has 124 valence electrons. The number of pyridine rings is 2. The van der Waals surface area contributed by atoms with Crippen LogP contribution in [0.5, 0.6) is 0 Å². The maximum absolute atomic E-state index is 6.28. The van der Waals surface area contributed by atoms with Crippen molar-refractivity contribution in [3.05, 3.63) is 58.8 Å². The summed E-state index contributed by atoms with van der Waals surface area (Å²) >= 11 is 12.6. The van der Waals surface area contributed by atoms with Crippen molar-refractivity contribution in [1.82, 2.24) is 19.9 Å². The summed E-state index contributed by atoms with van der Waals surface area (Å²) in [7, 11) is 0. The number of halogens is 2. The topological polar surface area (TPSA) is 92.5 Å². The van der Waals surface area contributed by atoms with E-state index >= 15 is 0 Å².